The van der Waals surface area contributed by atoms with Crippen molar-refractivity contribution >= 4 is 0 Å². The molecule has 0 aliphatic rings. The van der Waals surface area contributed by atoms with E-state index in [1.54, 1.807) is 0 Å². The van der Waals surface area contributed by atoms with Gasteiger partial charge < -0.3 is 9.59 Å². The Morgan fingerprint density at radius 1 is 1.07 bits per heavy atom. The first-order chi connectivity index (χ1) is 6.58. The molecule has 0 amide bonds. The molecule has 0 aromatic rings. The lowest BCUT2D eigenvalue weighted by Crippen LogP contribution is -2.59. The summed E-state index contributed by atoms with van der Waals surface area (Å²) in [5, 5.41) is 9.34. The molecule has 0 radical (unpaired) electrons. The van der Waals surface area contributed by atoms with Gasteiger partial charge in [0.25, 0.3) is 0 Å². The number of hydrogen-bond donors (Lipinski definition) is 1. The first-order valence-electron chi connectivity index (χ1n) is 6.02. The monoisotopic (exact) mass is 216 g/mol. The van der Waals surface area contributed by atoms with Crippen LogP contribution in [0.25, 0.3) is 0 Å². The molecule has 92 valence electrons. The van der Waals surface area contributed by atoms with Gasteiger partial charge in [-0.25, -0.2) is 0 Å². The lowest BCUT2D eigenvalue weighted by molar-refractivity contribution is -0.943. The zero-order chi connectivity index (χ0) is 12.3. The molecule has 0 heterocycles. The molecule has 2 heteroatoms. The fraction of sp³-hybridized carbons (Fsp3) is 1.00. The minimum absolute atomic E-state index is 0.00844. The molecule has 0 saturated heterocycles. The second kappa shape index (κ2) is 4.84. The van der Waals surface area contributed by atoms with E-state index in [4.69, 9.17) is 0 Å². The van der Waals surface area contributed by atoms with Gasteiger partial charge in [0, 0.05) is 11.8 Å². The van der Waals surface area contributed by atoms with Crippen LogP contribution in [-0.4, -0.2) is 42.4 Å². The van der Waals surface area contributed by atoms with Gasteiger partial charge in [0.15, 0.2) is 0 Å². The maximum atomic E-state index is 9.34. The van der Waals surface area contributed by atoms with Crippen LogP contribution in [0, 0.1) is 5.41 Å². The number of nitrogens with zero attached hydrogens (tertiary/aromatic N) is 1. The molecule has 0 atom stereocenters. The van der Waals surface area contributed by atoms with Crippen molar-refractivity contribution in [3.05, 3.63) is 0 Å². The molecule has 0 aromatic heterocycles. The van der Waals surface area contributed by atoms with Gasteiger partial charge in [-0.1, -0.05) is 27.2 Å². The van der Waals surface area contributed by atoms with Gasteiger partial charge in [0.2, 0.25) is 0 Å². The van der Waals surface area contributed by atoms with Gasteiger partial charge in [0.05, 0.1) is 32.8 Å². The predicted molar refractivity (Wildman–Crippen MR) is 66.8 cm³/mol. The Morgan fingerprint density at radius 2 is 1.53 bits per heavy atom. The van der Waals surface area contributed by atoms with Crippen molar-refractivity contribution in [2.75, 3.05) is 27.2 Å². The zero-order valence-corrected chi connectivity index (χ0v) is 11.7. The average molecular weight is 216 g/mol. The zero-order valence-electron chi connectivity index (χ0n) is 11.7. The van der Waals surface area contributed by atoms with E-state index in [9.17, 15) is 5.11 Å². The third kappa shape index (κ3) is 4.12. The molecular weight excluding hydrogens is 186 g/mol. The topological polar surface area (TPSA) is 20.2 Å². The highest BCUT2D eigenvalue weighted by atomic mass is 16.3. The van der Waals surface area contributed by atoms with Crippen LogP contribution in [0.1, 0.15) is 47.5 Å². The lowest BCUT2D eigenvalue weighted by Gasteiger charge is -2.48. The normalized spacial score (nSPS) is 14.4. The van der Waals surface area contributed by atoms with Gasteiger partial charge in [-0.2, -0.15) is 0 Å². The Hall–Kier alpha value is -0.0800. The Morgan fingerprint density at radius 3 is 1.87 bits per heavy atom. The molecule has 0 saturated carbocycles. The van der Waals surface area contributed by atoms with E-state index in [-0.39, 0.29) is 17.6 Å². The summed E-state index contributed by atoms with van der Waals surface area (Å²) >= 11 is 0. The largest absolute Gasteiger partial charge is 0.396 e. The van der Waals surface area contributed by atoms with Crippen LogP contribution < -0.4 is 0 Å². The number of aliphatic hydroxyl groups excluding tert-OH is 1. The maximum Gasteiger partial charge on any atom is 0.0931 e. The predicted octanol–water partition coefficient (Wildman–Crippen LogP) is 2.66. The Bertz CT molecular complexity index is 195. The van der Waals surface area contributed by atoms with Crippen LogP contribution in [0.5, 0.6) is 0 Å². The number of aliphatic hydroxyl groups is 1. The quantitative estimate of drug-likeness (QED) is 0.677. The fourth-order valence-corrected chi connectivity index (χ4v) is 2.25. The minimum atomic E-state index is 0.00844. The average Bonchev–Trinajstić information content (AvgIpc) is 2.02. The maximum absolute atomic E-state index is 9.34. The van der Waals surface area contributed by atoms with Gasteiger partial charge in [-0.05, 0) is 13.8 Å². The molecule has 0 aliphatic carbocycles. The van der Waals surface area contributed by atoms with Crippen molar-refractivity contribution in [3.63, 3.8) is 0 Å². The summed E-state index contributed by atoms with van der Waals surface area (Å²) in [5.41, 5.74) is 0.287. The first-order valence-corrected chi connectivity index (χ1v) is 6.02. The van der Waals surface area contributed by atoms with Gasteiger partial charge in [0.1, 0.15) is 0 Å². The van der Waals surface area contributed by atoms with Crippen molar-refractivity contribution in [3.8, 4) is 0 Å². The smallest absolute Gasteiger partial charge is 0.0931 e. The molecule has 15 heavy (non-hydrogen) atoms. The number of hydrogen-bond acceptors (Lipinski definition) is 1. The van der Waals surface area contributed by atoms with Gasteiger partial charge in [-0.15, -0.1) is 0 Å². The molecule has 0 aromatic carbocycles. The summed E-state index contributed by atoms with van der Waals surface area (Å²) in [6.45, 7) is 12.4. The third-order valence-corrected chi connectivity index (χ3v) is 3.75. The molecule has 0 fully saturated rings. The van der Waals surface area contributed by atoms with Crippen LogP contribution in [0.15, 0.2) is 0 Å². The minimum Gasteiger partial charge on any atom is -0.396 e. The second-order valence-electron chi connectivity index (χ2n) is 6.73. The molecule has 2 nitrogen and oxygen atoms in total. The second-order valence-corrected chi connectivity index (χ2v) is 6.73. The summed E-state index contributed by atoms with van der Waals surface area (Å²) in [6, 6.07) is 0. The lowest BCUT2D eigenvalue weighted by atomic mass is 9.87. The van der Waals surface area contributed by atoms with E-state index in [0.29, 0.717) is 0 Å². The van der Waals surface area contributed by atoms with E-state index in [1.165, 1.54) is 12.8 Å². The SMILES string of the molecule is CCCC(C)(C)[N+](C)(C)CC(C)(C)CO. The van der Waals surface area contributed by atoms with Crippen LogP contribution in [0.2, 0.25) is 0 Å². The highest BCUT2D eigenvalue weighted by Gasteiger charge is 2.39. The highest BCUT2D eigenvalue weighted by molar-refractivity contribution is 4.73. The third-order valence-electron chi connectivity index (χ3n) is 3.75. The Kier molecular flexibility index (Phi) is 4.81. The van der Waals surface area contributed by atoms with Crippen molar-refractivity contribution in [2.45, 2.75) is 53.0 Å². The summed E-state index contributed by atoms with van der Waals surface area (Å²) in [5.74, 6) is 0. The van der Waals surface area contributed by atoms with Crippen LogP contribution >= 0.6 is 0 Å². The summed E-state index contributed by atoms with van der Waals surface area (Å²) < 4.78 is 0.967. The number of rotatable bonds is 6. The van der Waals surface area contributed by atoms with Gasteiger partial charge in [-0.3, -0.25) is 0 Å². The van der Waals surface area contributed by atoms with E-state index in [1.807, 2.05) is 0 Å². The van der Waals surface area contributed by atoms with Crippen LogP contribution in [-0.2, 0) is 0 Å². The Balaban J connectivity index is 4.67. The highest BCUT2D eigenvalue weighted by Crippen LogP contribution is 2.30. The summed E-state index contributed by atoms with van der Waals surface area (Å²) in [7, 11) is 4.54. The van der Waals surface area contributed by atoms with E-state index in [0.717, 1.165) is 11.0 Å². The summed E-state index contributed by atoms with van der Waals surface area (Å²) in [4.78, 5) is 0. The van der Waals surface area contributed by atoms with Crippen molar-refractivity contribution < 1.29 is 9.59 Å². The molecule has 1 N–H and O–H groups in total. The first kappa shape index (κ1) is 14.9. The molecular formula is C13H30NO+. The van der Waals surface area contributed by atoms with E-state index in [2.05, 4.69) is 48.7 Å². The van der Waals surface area contributed by atoms with E-state index < -0.39 is 0 Å². The molecule has 0 spiro atoms. The Labute approximate surface area is 95.9 Å². The molecule has 0 bridgehead atoms. The number of quaternary nitrogens is 1. The molecule has 0 unspecified atom stereocenters. The van der Waals surface area contributed by atoms with Gasteiger partial charge >= 0.3 is 0 Å². The fourth-order valence-electron chi connectivity index (χ4n) is 2.25. The van der Waals surface area contributed by atoms with Crippen LogP contribution in [0.4, 0.5) is 0 Å². The molecule has 0 rings (SSSR count). The van der Waals surface area contributed by atoms with E-state index >= 15 is 0 Å². The molecule has 0 aliphatic heterocycles. The summed E-state index contributed by atoms with van der Waals surface area (Å²) in [6.07, 6.45) is 2.44. The standard InChI is InChI=1S/C13H30NO/c1-8-9-13(4,5)14(6,7)10-12(2,3)11-15/h15H,8-11H2,1-7H3/q+1. The van der Waals surface area contributed by atoms with Crippen molar-refractivity contribution in [2.24, 2.45) is 5.41 Å². The van der Waals surface area contributed by atoms with Crippen molar-refractivity contribution in [1.29, 1.82) is 0 Å². The van der Waals surface area contributed by atoms with Crippen molar-refractivity contribution in [1.82, 2.24) is 0 Å². The van der Waals surface area contributed by atoms with Crippen LogP contribution in [0.3, 0.4) is 0 Å².